The van der Waals surface area contributed by atoms with Crippen LogP contribution in [0.15, 0.2) is 30.3 Å². The molecule has 0 bridgehead atoms. The van der Waals surface area contributed by atoms with Gasteiger partial charge in [-0.15, -0.1) is 0 Å². The van der Waals surface area contributed by atoms with Gasteiger partial charge in [-0.1, -0.05) is 12.1 Å². The first-order valence-corrected chi connectivity index (χ1v) is 8.15. The molecular formula is C20H25NO4. The van der Waals surface area contributed by atoms with Crippen molar-refractivity contribution in [3.8, 4) is 17.2 Å². The summed E-state index contributed by atoms with van der Waals surface area (Å²) in [6, 6.07) is 9.62. The van der Waals surface area contributed by atoms with Crippen LogP contribution in [0.1, 0.15) is 23.1 Å². The zero-order valence-corrected chi connectivity index (χ0v) is 15.4. The van der Waals surface area contributed by atoms with Crippen LogP contribution in [0.3, 0.4) is 0 Å². The molecule has 0 spiro atoms. The normalized spacial score (nSPS) is 10.3. The summed E-state index contributed by atoms with van der Waals surface area (Å²) in [5, 5.41) is 2.97. The molecule has 0 aliphatic rings. The van der Waals surface area contributed by atoms with Gasteiger partial charge in [0, 0.05) is 12.1 Å². The van der Waals surface area contributed by atoms with Gasteiger partial charge in [0.25, 0.3) is 0 Å². The molecule has 2 rings (SSSR count). The number of rotatable bonds is 7. The van der Waals surface area contributed by atoms with Crippen molar-refractivity contribution in [3.05, 3.63) is 47.0 Å². The summed E-state index contributed by atoms with van der Waals surface area (Å²) in [5.41, 5.74) is 4.05. The van der Waals surface area contributed by atoms with E-state index in [4.69, 9.17) is 14.2 Å². The number of aryl methyl sites for hydroxylation is 2. The van der Waals surface area contributed by atoms with Crippen molar-refractivity contribution in [2.45, 2.75) is 26.7 Å². The van der Waals surface area contributed by atoms with E-state index in [2.05, 4.69) is 5.32 Å². The van der Waals surface area contributed by atoms with Crippen LogP contribution in [-0.2, 0) is 11.2 Å². The molecule has 134 valence electrons. The van der Waals surface area contributed by atoms with Crippen LogP contribution in [-0.4, -0.2) is 27.2 Å². The second-order valence-corrected chi connectivity index (χ2v) is 5.83. The Balaban J connectivity index is 2.08. The number of ether oxygens (including phenoxy) is 3. The van der Waals surface area contributed by atoms with Crippen LogP contribution in [0.5, 0.6) is 17.2 Å². The molecule has 1 N–H and O–H groups in total. The Labute approximate surface area is 148 Å². The standard InChI is InChI=1S/C20H25NO4/c1-13-7-6-8-16(14(13)2)21-19(22)10-9-15-11-17(23-3)20(25-5)18(12-15)24-4/h6-8,11-12H,9-10H2,1-5H3,(H,21,22). The average Bonchev–Trinajstić information content (AvgIpc) is 2.62. The maximum absolute atomic E-state index is 12.3. The molecule has 1 amide bonds. The summed E-state index contributed by atoms with van der Waals surface area (Å²) in [4.78, 5) is 12.3. The number of methoxy groups -OCH3 is 3. The molecule has 0 radical (unpaired) electrons. The smallest absolute Gasteiger partial charge is 0.224 e. The number of carbonyl (C=O) groups is 1. The van der Waals surface area contributed by atoms with Crippen molar-refractivity contribution < 1.29 is 19.0 Å². The SMILES string of the molecule is COc1cc(CCC(=O)Nc2cccc(C)c2C)cc(OC)c1OC. The summed E-state index contributed by atoms with van der Waals surface area (Å²) >= 11 is 0. The number of nitrogens with one attached hydrogen (secondary N) is 1. The van der Waals surface area contributed by atoms with E-state index in [0.717, 1.165) is 22.4 Å². The van der Waals surface area contributed by atoms with Crippen LogP contribution < -0.4 is 19.5 Å². The van der Waals surface area contributed by atoms with Gasteiger partial charge < -0.3 is 19.5 Å². The van der Waals surface area contributed by atoms with E-state index in [-0.39, 0.29) is 5.91 Å². The van der Waals surface area contributed by atoms with Crippen molar-refractivity contribution in [1.82, 2.24) is 0 Å². The molecule has 5 nitrogen and oxygen atoms in total. The van der Waals surface area contributed by atoms with Gasteiger partial charge in [-0.2, -0.15) is 0 Å². The maximum Gasteiger partial charge on any atom is 0.224 e. The van der Waals surface area contributed by atoms with E-state index < -0.39 is 0 Å². The minimum Gasteiger partial charge on any atom is -0.493 e. The molecule has 2 aromatic carbocycles. The van der Waals surface area contributed by atoms with Gasteiger partial charge in [0.15, 0.2) is 11.5 Å². The minimum atomic E-state index is -0.0255. The monoisotopic (exact) mass is 343 g/mol. The number of carbonyl (C=O) groups excluding carboxylic acids is 1. The molecule has 0 aromatic heterocycles. The van der Waals surface area contributed by atoms with Crippen molar-refractivity contribution >= 4 is 11.6 Å². The van der Waals surface area contributed by atoms with Crippen LogP contribution in [0.2, 0.25) is 0 Å². The maximum atomic E-state index is 12.3. The topological polar surface area (TPSA) is 56.8 Å². The van der Waals surface area contributed by atoms with Crippen molar-refractivity contribution in [1.29, 1.82) is 0 Å². The van der Waals surface area contributed by atoms with Crippen molar-refractivity contribution in [3.63, 3.8) is 0 Å². The van der Waals surface area contributed by atoms with Crippen LogP contribution in [0.25, 0.3) is 0 Å². The molecule has 5 heteroatoms. The second kappa shape index (κ2) is 8.42. The van der Waals surface area contributed by atoms with E-state index in [1.54, 1.807) is 21.3 Å². The highest BCUT2D eigenvalue weighted by Gasteiger charge is 2.14. The Morgan fingerprint density at radius 1 is 1.00 bits per heavy atom. The van der Waals surface area contributed by atoms with Crippen LogP contribution in [0, 0.1) is 13.8 Å². The molecule has 0 aliphatic carbocycles. The number of hydrogen-bond acceptors (Lipinski definition) is 4. The molecular weight excluding hydrogens is 318 g/mol. The first kappa shape index (κ1) is 18.6. The zero-order chi connectivity index (χ0) is 18.4. The molecule has 0 fully saturated rings. The predicted octanol–water partition coefficient (Wildman–Crippen LogP) is 3.90. The predicted molar refractivity (Wildman–Crippen MR) is 99.0 cm³/mol. The fourth-order valence-electron chi connectivity index (χ4n) is 2.64. The first-order chi connectivity index (χ1) is 12.0. The Hall–Kier alpha value is -2.69. The van der Waals surface area contributed by atoms with E-state index in [1.807, 2.05) is 44.2 Å². The summed E-state index contributed by atoms with van der Waals surface area (Å²) in [6.07, 6.45) is 0.944. The van der Waals surface area contributed by atoms with E-state index >= 15 is 0 Å². The van der Waals surface area contributed by atoms with Gasteiger partial charge in [-0.25, -0.2) is 0 Å². The first-order valence-electron chi connectivity index (χ1n) is 8.15. The van der Waals surface area contributed by atoms with Gasteiger partial charge in [-0.3, -0.25) is 4.79 Å². The van der Waals surface area contributed by atoms with E-state index in [0.29, 0.717) is 30.1 Å². The fourth-order valence-corrected chi connectivity index (χ4v) is 2.64. The van der Waals surface area contributed by atoms with Crippen LogP contribution in [0.4, 0.5) is 5.69 Å². The molecule has 0 saturated carbocycles. The number of anilines is 1. The number of amides is 1. The second-order valence-electron chi connectivity index (χ2n) is 5.83. The lowest BCUT2D eigenvalue weighted by atomic mass is 10.1. The highest BCUT2D eigenvalue weighted by molar-refractivity contribution is 5.91. The van der Waals surface area contributed by atoms with Crippen molar-refractivity contribution in [2.24, 2.45) is 0 Å². The van der Waals surface area contributed by atoms with Gasteiger partial charge in [0.1, 0.15) is 0 Å². The van der Waals surface area contributed by atoms with Crippen molar-refractivity contribution in [2.75, 3.05) is 26.6 Å². The molecule has 2 aromatic rings. The summed E-state index contributed by atoms with van der Waals surface area (Å²) in [7, 11) is 4.72. The fraction of sp³-hybridized carbons (Fsp3) is 0.350. The molecule has 0 saturated heterocycles. The Kier molecular flexibility index (Phi) is 6.28. The van der Waals surface area contributed by atoms with Gasteiger partial charge >= 0.3 is 0 Å². The number of benzene rings is 2. The van der Waals surface area contributed by atoms with E-state index in [1.165, 1.54) is 0 Å². The lowest BCUT2D eigenvalue weighted by Crippen LogP contribution is -2.13. The lowest BCUT2D eigenvalue weighted by molar-refractivity contribution is -0.116. The molecule has 0 heterocycles. The average molecular weight is 343 g/mol. The van der Waals surface area contributed by atoms with Gasteiger partial charge in [0.05, 0.1) is 21.3 Å². The summed E-state index contributed by atoms with van der Waals surface area (Å²) < 4.78 is 16.0. The Morgan fingerprint density at radius 2 is 1.64 bits per heavy atom. The highest BCUT2D eigenvalue weighted by Crippen LogP contribution is 2.38. The minimum absolute atomic E-state index is 0.0255. The molecule has 0 unspecified atom stereocenters. The molecule has 0 aliphatic heterocycles. The lowest BCUT2D eigenvalue weighted by Gasteiger charge is -2.14. The zero-order valence-electron chi connectivity index (χ0n) is 15.4. The third-order valence-electron chi connectivity index (χ3n) is 4.24. The third-order valence-corrected chi connectivity index (χ3v) is 4.24. The van der Waals surface area contributed by atoms with Gasteiger partial charge in [-0.05, 0) is 55.2 Å². The summed E-state index contributed by atoms with van der Waals surface area (Å²) in [5.74, 6) is 1.70. The van der Waals surface area contributed by atoms with E-state index in [9.17, 15) is 4.79 Å². The summed E-state index contributed by atoms with van der Waals surface area (Å²) in [6.45, 7) is 4.03. The van der Waals surface area contributed by atoms with Crippen LogP contribution >= 0.6 is 0 Å². The molecule has 0 atom stereocenters. The van der Waals surface area contributed by atoms with Gasteiger partial charge in [0.2, 0.25) is 11.7 Å². The largest absolute Gasteiger partial charge is 0.493 e. The highest BCUT2D eigenvalue weighted by atomic mass is 16.5. The Morgan fingerprint density at radius 3 is 2.20 bits per heavy atom. The number of hydrogen-bond donors (Lipinski definition) is 1. The molecule has 25 heavy (non-hydrogen) atoms. The third kappa shape index (κ3) is 4.44. The Bertz CT molecular complexity index is 730. The quantitative estimate of drug-likeness (QED) is 0.828.